The van der Waals surface area contributed by atoms with Crippen LogP contribution in [0.15, 0.2) is 35.3 Å². The average Bonchev–Trinajstić information content (AvgIpc) is 2.58. The molecule has 0 saturated carbocycles. The van der Waals surface area contributed by atoms with Crippen LogP contribution < -0.4 is 4.74 Å². The summed E-state index contributed by atoms with van der Waals surface area (Å²) < 4.78 is 5.06. The van der Waals surface area contributed by atoms with Gasteiger partial charge >= 0.3 is 0 Å². The van der Waals surface area contributed by atoms with Crippen molar-refractivity contribution < 1.29 is 14.8 Å². The lowest BCUT2D eigenvalue weighted by molar-refractivity contribution is -0.384. The van der Waals surface area contributed by atoms with Gasteiger partial charge < -0.3 is 9.84 Å². The predicted molar refractivity (Wildman–Crippen MR) is 112 cm³/mol. The van der Waals surface area contributed by atoms with Crippen molar-refractivity contribution in [2.75, 3.05) is 7.11 Å². The van der Waals surface area contributed by atoms with Crippen LogP contribution in [0.2, 0.25) is 0 Å². The number of methoxy groups -OCH3 is 1. The number of aliphatic imine (C=N–C) groups is 1. The fourth-order valence-electron chi connectivity index (χ4n) is 2.90. The number of nitrogens with zero attached hydrogens (tertiary/aromatic N) is 2. The molecule has 2 aromatic rings. The second kappa shape index (κ2) is 7.62. The van der Waals surface area contributed by atoms with Gasteiger partial charge in [-0.05, 0) is 40.7 Å². The Morgan fingerprint density at radius 1 is 1.04 bits per heavy atom. The molecule has 2 aromatic carbocycles. The van der Waals surface area contributed by atoms with E-state index in [4.69, 9.17) is 4.74 Å². The first kappa shape index (κ1) is 21.4. The zero-order valence-electron chi connectivity index (χ0n) is 17.5. The summed E-state index contributed by atoms with van der Waals surface area (Å²) in [5.74, 6) is 0.688. The highest BCUT2D eigenvalue weighted by atomic mass is 16.6. The third kappa shape index (κ3) is 4.68. The number of ether oxygens (including phenoxy) is 1. The van der Waals surface area contributed by atoms with Crippen LogP contribution in [-0.2, 0) is 10.8 Å². The molecule has 1 N–H and O–H groups in total. The van der Waals surface area contributed by atoms with Crippen molar-refractivity contribution in [3.05, 3.63) is 57.1 Å². The molecule has 0 fully saturated rings. The van der Waals surface area contributed by atoms with Gasteiger partial charge in [-0.25, -0.2) is 4.99 Å². The lowest BCUT2D eigenvalue weighted by atomic mass is 9.78. The minimum atomic E-state index is -0.479. The molecule has 0 aliphatic carbocycles. The highest BCUT2D eigenvalue weighted by molar-refractivity contribution is 5.85. The van der Waals surface area contributed by atoms with Gasteiger partial charge in [-0.1, -0.05) is 41.5 Å². The summed E-state index contributed by atoms with van der Waals surface area (Å²) in [6, 6.07) is 8.30. The Kier molecular flexibility index (Phi) is 5.83. The minimum absolute atomic E-state index is 0.124. The standard InChI is InChI=1S/C22H28N2O4/c1-21(2,3)16-10-14(11-17(20(16)25)22(4,5)6)13-23-18-9-8-15(28-7)12-19(18)24(26)27/h8-13,25H,1-7H3. The Labute approximate surface area is 166 Å². The molecule has 0 aliphatic heterocycles. The Bertz CT molecular complexity index is 884. The highest BCUT2D eigenvalue weighted by Gasteiger charge is 2.26. The first-order valence-electron chi connectivity index (χ1n) is 9.09. The summed E-state index contributed by atoms with van der Waals surface area (Å²) in [5.41, 5.74) is 1.99. The van der Waals surface area contributed by atoms with E-state index in [1.54, 1.807) is 18.3 Å². The number of phenolic OH excluding ortho intramolecular Hbond substituents is 1. The number of nitro benzene ring substituents is 1. The maximum atomic E-state index is 11.4. The Morgan fingerprint density at radius 2 is 1.57 bits per heavy atom. The molecule has 0 atom stereocenters. The van der Waals surface area contributed by atoms with Gasteiger partial charge in [0.15, 0.2) is 0 Å². The zero-order chi connectivity index (χ0) is 21.3. The van der Waals surface area contributed by atoms with Gasteiger partial charge in [0.2, 0.25) is 0 Å². The predicted octanol–water partition coefficient (Wildman–Crippen LogP) is 5.65. The van der Waals surface area contributed by atoms with Crippen molar-refractivity contribution in [1.82, 2.24) is 0 Å². The Morgan fingerprint density at radius 3 is 2.00 bits per heavy atom. The number of benzene rings is 2. The van der Waals surface area contributed by atoms with Crippen LogP contribution in [0.3, 0.4) is 0 Å². The van der Waals surface area contributed by atoms with Crippen LogP contribution in [0.5, 0.6) is 11.5 Å². The summed E-state index contributed by atoms with van der Waals surface area (Å²) in [5, 5.41) is 22.2. The molecule has 0 amide bonds. The van der Waals surface area contributed by atoms with Gasteiger partial charge in [-0.3, -0.25) is 10.1 Å². The highest BCUT2D eigenvalue weighted by Crippen LogP contribution is 2.39. The lowest BCUT2D eigenvalue weighted by Gasteiger charge is -2.27. The first-order chi connectivity index (χ1) is 12.8. The van der Waals surface area contributed by atoms with Gasteiger partial charge in [0.1, 0.15) is 17.2 Å². The monoisotopic (exact) mass is 384 g/mol. The molecular weight excluding hydrogens is 356 g/mol. The lowest BCUT2D eigenvalue weighted by Crippen LogP contribution is -2.17. The molecule has 0 heterocycles. The van der Waals surface area contributed by atoms with E-state index in [-0.39, 0.29) is 28.0 Å². The van der Waals surface area contributed by atoms with Gasteiger partial charge in [0, 0.05) is 17.3 Å². The molecular formula is C22H28N2O4. The first-order valence-corrected chi connectivity index (χ1v) is 9.09. The Balaban J connectivity index is 2.59. The molecule has 0 unspecified atom stereocenters. The van der Waals surface area contributed by atoms with Gasteiger partial charge in [0.05, 0.1) is 18.1 Å². The van der Waals surface area contributed by atoms with Gasteiger partial charge in [0.25, 0.3) is 5.69 Å². The number of rotatable bonds is 4. The van der Waals surface area contributed by atoms with E-state index >= 15 is 0 Å². The average molecular weight is 384 g/mol. The van der Waals surface area contributed by atoms with Crippen molar-refractivity contribution >= 4 is 17.6 Å². The van der Waals surface area contributed by atoms with Crippen molar-refractivity contribution in [2.45, 2.75) is 52.4 Å². The number of phenols is 1. The molecule has 0 aromatic heterocycles. The van der Waals surface area contributed by atoms with E-state index in [0.717, 1.165) is 16.7 Å². The quantitative estimate of drug-likeness (QED) is 0.419. The van der Waals surface area contributed by atoms with Gasteiger partial charge in [-0.15, -0.1) is 0 Å². The van der Waals surface area contributed by atoms with Crippen LogP contribution in [0.4, 0.5) is 11.4 Å². The fraction of sp³-hybridized carbons (Fsp3) is 0.409. The van der Waals surface area contributed by atoms with Crippen LogP contribution in [0.25, 0.3) is 0 Å². The molecule has 0 aliphatic rings. The maximum absolute atomic E-state index is 11.4. The topological polar surface area (TPSA) is 85.0 Å². The molecule has 150 valence electrons. The summed E-state index contributed by atoms with van der Waals surface area (Å²) in [6.07, 6.45) is 1.60. The minimum Gasteiger partial charge on any atom is -0.507 e. The molecule has 28 heavy (non-hydrogen) atoms. The maximum Gasteiger partial charge on any atom is 0.298 e. The van der Waals surface area contributed by atoms with E-state index in [0.29, 0.717) is 5.75 Å². The molecule has 6 heteroatoms. The summed E-state index contributed by atoms with van der Waals surface area (Å²) in [6.45, 7) is 12.2. The number of hydrogen-bond donors (Lipinski definition) is 1. The summed E-state index contributed by atoms with van der Waals surface area (Å²) in [4.78, 5) is 15.2. The van der Waals surface area contributed by atoms with Crippen LogP contribution in [0.1, 0.15) is 58.2 Å². The van der Waals surface area contributed by atoms with Crippen molar-refractivity contribution in [1.29, 1.82) is 0 Å². The van der Waals surface area contributed by atoms with Gasteiger partial charge in [-0.2, -0.15) is 0 Å². The molecule has 0 bridgehead atoms. The summed E-state index contributed by atoms with van der Waals surface area (Å²) in [7, 11) is 1.46. The number of aromatic hydroxyl groups is 1. The van der Waals surface area contributed by atoms with Crippen molar-refractivity contribution in [3.8, 4) is 11.5 Å². The van der Waals surface area contributed by atoms with E-state index in [2.05, 4.69) is 4.99 Å². The Hall–Kier alpha value is -2.89. The second-order valence-electron chi connectivity index (χ2n) is 8.83. The van der Waals surface area contributed by atoms with E-state index in [1.165, 1.54) is 13.2 Å². The molecule has 0 saturated heterocycles. The normalized spacial score (nSPS) is 12.4. The second-order valence-corrected chi connectivity index (χ2v) is 8.83. The van der Waals surface area contributed by atoms with Crippen LogP contribution in [-0.4, -0.2) is 23.4 Å². The number of nitro groups is 1. The fourth-order valence-corrected chi connectivity index (χ4v) is 2.90. The number of hydrogen-bond acceptors (Lipinski definition) is 5. The summed E-state index contributed by atoms with van der Waals surface area (Å²) >= 11 is 0. The van der Waals surface area contributed by atoms with E-state index in [9.17, 15) is 15.2 Å². The van der Waals surface area contributed by atoms with Crippen LogP contribution >= 0.6 is 0 Å². The third-order valence-corrected chi connectivity index (χ3v) is 4.48. The van der Waals surface area contributed by atoms with E-state index < -0.39 is 4.92 Å². The molecule has 0 radical (unpaired) electrons. The molecule has 2 rings (SSSR count). The zero-order valence-corrected chi connectivity index (χ0v) is 17.5. The smallest absolute Gasteiger partial charge is 0.298 e. The molecule has 0 spiro atoms. The SMILES string of the molecule is COc1ccc(N=Cc2cc(C(C)(C)C)c(O)c(C(C)(C)C)c2)c([N+](=O)[O-])c1. The van der Waals surface area contributed by atoms with Crippen molar-refractivity contribution in [3.63, 3.8) is 0 Å². The largest absolute Gasteiger partial charge is 0.507 e. The van der Waals surface area contributed by atoms with Crippen molar-refractivity contribution in [2.24, 2.45) is 4.99 Å². The van der Waals surface area contributed by atoms with Crippen LogP contribution in [0, 0.1) is 10.1 Å². The van der Waals surface area contributed by atoms with E-state index in [1.807, 2.05) is 53.7 Å². The third-order valence-electron chi connectivity index (χ3n) is 4.48. The molecule has 6 nitrogen and oxygen atoms in total.